The van der Waals surface area contributed by atoms with Crippen LogP contribution in [0.25, 0.3) is 0 Å². The molecule has 9 rings (SSSR count). The molecular formula is C85H101N11O14S3. The van der Waals surface area contributed by atoms with E-state index in [1.54, 1.807) is 62.3 Å². The van der Waals surface area contributed by atoms with Crippen molar-refractivity contribution in [2.75, 3.05) is 18.1 Å². The number of guanidine groups is 1. The van der Waals surface area contributed by atoms with E-state index in [0.29, 0.717) is 28.9 Å². The molecule has 113 heavy (non-hydrogen) atoms. The van der Waals surface area contributed by atoms with Gasteiger partial charge < -0.3 is 57.0 Å². The van der Waals surface area contributed by atoms with E-state index in [1.165, 1.54) is 36.6 Å². The lowest BCUT2D eigenvalue weighted by Crippen LogP contribution is -2.59. The molecule has 0 saturated carbocycles. The molecule has 0 radical (unpaired) electrons. The Morgan fingerprint density at radius 3 is 1.45 bits per heavy atom. The normalized spacial score (nSPS) is 14.3. The van der Waals surface area contributed by atoms with Gasteiger partial charge in [-0.15, -0.1) is 23.5 Å². The maximum Gasteiger partial charge on any atom is 0.419 e. The van der Waals surface area contributed by atoms with E-state index in [9.17, 15) is 42.3 Å². The Labute approximate surface area is 668 Å². The minimum Gasteiger partial charge on any atom is -0.487 e. The number of hydrogen-bond acceptors (Lipinski definition) is 18. The summed E-state index contributed by atoms with van der Waals surface area (Å²) in [5, 5.41) is 36.7. The minimum absolute atomic E-state index is 0.00917. The molecule has 28 heteroatoms. The number of aliphatic carboxylic acids is 1. The minimum atomic E-state index is -4.41. The van der Waals surface area contributed by atoms with Crippen LogP contribution in [0.2, 0.25) is 0 Å². The number of benzene rings is 7. The first-order valence-corrected chi connectivity index (χ1v) is 40.6. The molecule has 0 unspecified atom stereocenters. The van der Waals surface area contributed by atoms with Gasteiger partial charge >= 0.3 is 18.0 Å². The Bertz CT molecular complexity index is 4620. The Kier molecular flexibility index (Phi) is 28.4. The zero-order valence-electron chi connectivity index (χ0n) is 65.5. The molecule has 1 aromatic heterocycles. The molecule has 0 saturated heterocycles. The van der Waals surface area contributed by atoms with Crippen LogP contribution in [-0.4, -0.2) is 148 Å². The quantitative estimate of drug-likeness (QED) is 0.00601. The molecule has 25 nitrogen and oxygen atoms in total. The van der Waals surface area contributed by atoms with Crippen LogP contribution in [-0.2, 0) is 75.4 Å². The number of fused-ring (bicyclic) bond motifs is 1. The first-order valence-electron chi connectivity index (χ1n) is 37.2. The zero-order chi connectivity index (χ0) is 82.2. The van der Waals surface area contributed by atoms with E-state index in [-0.39, 0.29) is 41.5 Å². The fourth-order valence-electron chi connectivity index (χ4n) is 13.4. The standard InChI is InChI=1S/C85H101N11O14S3/c1-53-54(2)72(55(3)64-48-83(11,12)109-71(53)64)113(106,107)95-79(87)88-45-31-44-66(91-73(98)56(4)90-76(101)67(92-74(99)65(86)47-70(97)108-81(5,6)7)46-63-49-96(52-89-63)80(105)110-82(8,9)10)75(100)93-68(50-111-84(57-32-19-13-20-33-57,58-34-21-14-22-35-58)59-36-23-15-24-37-59)77(102)94-69(78(103)104)51-112-85(60-38-25-16-26-39-60,61-40-27-17-28-41-61)62-42-29-18-30-43-62/h13-30,32-43,49,52,56,65-69H,31,44-48,50-51,86H2,1-12H3,(H,90,101)(H,91,98)(H,92,99)(H,93,100)(H,94,102)(H,103,104)(H3,87,88,95)/t56-,65-,66-,67-,68-,69-/m0/s1. The van der Waals surface area contributed by atoms with Gasteiger partial charge in [-0.3, -0.25) is 34.2 Å². The number of sulfonamides is 1. The van der Waals surface area contributed by atoms with Gasteiger partial charge in [-0.2, -0.15) is 0 Å². The van der Waals surface area contributed by atoms with E-state index < -0.39 is 139 Å². The van der Waals surface area contributed by atoms with Gasteiger partial charge in [0.25, 0.3) is 10.0 Å². The van der Waals surface area contributed by atoms with Crippen LogP contribution in [0.1, 0.15) is 143 Å². The van der Waals surface area contributed by atoms with E-state index in [1.807, 2.05) is 196 Å². The Morgan fingerprint density at radius 2 is 1.00 bits per heavy atom. The van der Waals surface area contributed by atoms with Gasteiger partial charge in [0.2, 0.25) is 35.5 Å². The summed E-state index contributed by atoms with van der Waals surface area (Å²) in [4.78, 5) is 119. The number of thioether (sulfide) groups is 2. The first-order chi connectivity index (χ1) is 53.4. The molecule has 0 aliphatic carbocycles. The number of nitrogens with two attached hydrogens (primary N) is 1. The number of aromatic nitrogens is 2. The van der Waals surface area contributed by atoms with Crippen molar-refractivity contribution in [3.8, 4) is 5.75 Å². The van der Waals surface area contributed by atoms with Crippen molar-refractivity contribution < 1.29 is 66.1 Å². The highest BCUT2D eigenvalue weighted by Crippen LogP contribution is 2.51. The predicted molar refractivity (Wildman–Crippen MR) is 437 cm³/mol. The number of carboxylic acid groups (broad SMARTS) is 1. The van der Waals surface area contributed by atoms with Crippen LogP contribution >= 0.6 is 23.5 Å². The SMILES string of the molecule is Cc1c(C)c(S(=O)(=O)NC(=N)NCCC[C@H](NC(=O)[C@H](C)NC(=O)[C@H](Cc2cn(C(=O)OC(C)(C)C)cn2)NC(=O)[C@@H](N)CC(=O)OC(C)(C)C)C(=O)N[C@@H](CSC(c2ccccc2)(c2ccccc2)c2ccccc2)C(=O)N[C@@H](CSC(c2ccccc2)(c2ccccc2)c2ccccc2)C(=O)O)c(C)c2c1OC(C)(C)C2. The van der Waals surface area contributed by atoms with Crippen LogP contribution < -0.4 is 47.1 Å². The second-order valence-electron chi connectivity index (χ2n) is 30.4. The van der Waals surface area contributed by atoms with Gasteiger partial charge in [0.1, 0.15) is 59.1 Å². The summed E-state index contributed by atoms with van der Waals surface area (Å²) in [6.45, 7) is 20.0. The molecular weight excluding hydrogens is 1500 g/mol. The third-order valence-electron chi connectivity index (χ3n) is 18.8. The average Bonchev–Trinajstić information content (AvgIpc) is 1.73. The lowest BCUT2D eigenvalue weighted by molar-refractivity contribution is -0.156. The van der Waals surface area contributed by atoms with Crippen molar-refractivity contribution >= 4 is 87.1 Å². The van der Waals surface area contributed by atoms with Crippen molar-refractivity contribution in [1.82, 2.24) is 46.2 Å². The smallest absolute Gasteiger partial charge is 0.419 e. The maximum absolute atomic E-state index is 15.8. The molecule has 8 aromatic rings. The number of nitrogens with zero attached hydrogens (tertiary/aromatic N) is 2. The fraction of sp³-hybridized carbons (Fsp3) is 0.365. The fourth-order valence-corrected chi connectivity index (χ4v) is 18.1. The largest absolute Gasteiger partial charge is 0.487 e. The van der Waals surface area contributed by atoms with Crippen LogP contribution in [0.3, 0.4) is 0 Å². The van der Waals surface area contributed by atoms with Crippen LogP contribution in [0.4, 0.5) is 4.79 Å². The van der Waals surface area contributed by atoms with Gasteiger partial charge in [0, 0.05) is 42.7 Å². The van der Waals surface area contributed by atoms with Gasteiger partial charge in [-0.05, 0) is 146 Å². The Hall–Kier alpha value is -10.8. The van der Waals surface area contributed by atoms with Gasteiger partial charge in [-0.25, -0.2) is 32.3 Å². The third kappa shape index (κ3) is 22.1. The molecule has 0 fully saturated rings. The summed E-state index contributed by atoms with van der Waals surface area (Å²) >= 11 is 2.59. The average molecular weight is 1600 g/mol. The Balaban J connectivity index is 1.06. The first kappa shape index (κ1) is 86.2. The Morgan fingerprint density at radius 1 is 0.584 bits per heavy atom. The molecule has 7 aromatic carbocycles. The molecule has 11 N–H and O–H groups in total. The molecule has 1 aliphatic rings. The van der Waals surface area contributed by atoms with Crippen molar-refractivity contribution in [3.63, 3.8) is 0 Å². The van der Waals surface area contributed by atoms with E-state index in [4.69, 9.17) is 25.4 Å². The lowest BCUT2D eigenvalue weighted by atomic mass is 9.84. The van der Waals surface area contributed by atoms with Crippen molar-refractivity contribution in [3.05, 3.63) is 256 Å². The third-order valence-corrected chi connectivity index (χ3v) is 23.7. The molecule has 1 aliphatic heterocycles. The van der Waals surface area contributed by atoms with Gasteiger partial charge in [-0.1, -0.05) is 182 Å². The number of nitrogens with one attached hydrogen (secondary N) is 8. The highest BCUT2D eigenvalue weighted by atomic mass is 32.2. The van der Waals surface area contributed by atoms with Gasteiger partial charge in [0.05, 0.1) is 32.5 Å². The highest BCUT2D eigenvalue weighted by molar-refractivity contribution is 8.01. The summed E-state index contributed by atoms with van der Waals surface area (Å²) in [7, 11) is -4.41. The summed E-state index contributed by atoms with van der Waals surface area (Å²) in [6, 6.07) is 48.0. The number of hydrogen-bond donors (Lipinski definition) is 10. The van der Waals surface area contributed by atoms with Crippen molar-refractivity contribution in [1.29, 1.82) is 5.41 Å². The molecule has 0 bridgehead atoms. The van der Waals surface area contributed by atoms with E-state index >= 15 is 9.59 Å². The number of esters is 1. The zero-order valence-corrected chi connectivity index (χ0v) is 68.0. The number of carboxylic acids is 1. The number of ether oxygens (including phenoxy) is 3. The molecule has 6 atom stereocenters. The molecule has 0 spiro atoms. The lowest BCUT2D eigenvalue weighted by Gasteiger charge is -2.37. The maximum atomic E-state index is 15.8. The van der Waals surface area contributed by atoms with Crippen LogP contribution in [0.15, 0.2) is 199 Å². The van der Waals surface area contributed by atoms with Crippen LogP contribution in [0, 0.1) is 26.2 Å². The monoisotopic (exact) mass is 1600 g/mol. The highest BCUT2D eigenvalue weighted by Gasteiger charge is 2.43. The van der Waals surface area contributed by atoms with Crippen molar-refractivity contribution in [2.45, 2.75) is 183 Å². The topological polar surface area (TPSA) is 371 Å². The number of amides is 5. The van der Waals surface area contributed by atoms with E-state index in [2.05, 4.69) is 41.6 Å². The number of carbonyl (C=O) groups excluding carboxylic acids is 7. The summed E-state index contributed by atoms with van der Waals surface area (Å²) in [5.41, 5.74) is 11.1. The van der Waals surface area contributed by atoms with Crippen LogP contribution in [0.5, 0.6) is 5.75 Å². The summed E-state index contributed by atoms with van der Waals surface area (Å²) in [5.74, 6) is -7.42. The van der Waals surface area contributed by atoms with Crippen molar-refractivity contribution in [2.24, 2.45) is 5.73 Å². The number of imidazole rings is 1. The molecule has 2 heterocycles. The molecule has 5 amide bonds. The second-order valence-corrected chi connectivity index (χ2v) is 34.5. The van der Waals surface area contributed by atoms with E-state index in [0.717, 1.165) is 49.8 Å². The number of carbonyl (C=O) groups is 8. The predicted octanol–water partition coefficient (Wildman–Crippen LogP) is 10.2. The number of rotatable bonds is 33. The molecule has 598 valence electrons. The summed E-state index contributed by atoms with van der Waals surface area (Å²) in [6.07, 6.45) is 0.738. The second kappa shape index (κ2) is 37.2. The van der Waals surface area contributed by atoms with Gasteiger partial charge in [0.15, 0.2) is 0 Å². The summed E-state index contributed by atoms with van der Waals surface area (Å²) < 4.78 is 47.0.